The molecule has 20 heavy (non-hydrogen) atoms. The van der Waals surface area contributed by atoms with Crippen LogP contribution < -0.4 is 0 Å². The lowest BCUT2D eigenvalue weighted by Gasteiger charge is -2.23. The van der Waals surface area contributed by atoms with Crippen molar-refractivity contribution in [2.24, 2.45) is 0 Å². The van der Waals surface area contributed by atoms with Crippen LogP contribution in [0, 0.1) is 20.8 Å². The van der Waals surface area contributed by atoms with Gasteiger partial charge in [0.1, 0.15) is 11.6 Å². The summed E-state index contributed by atoms with van der Waals surface area (Å²) in [5.74, 6) is 1.88. The smallest absolute Gasteiger partial charge is 0.147 e. The highest BCUT2D eigenvalue weighted by molar-refractivity contribution is 7.11. The van der Waals surface area contributed by atoms with Crippen LogP contribution in [-0.2, 0) is 13.1 Å². The first-order chi connectivity index (χ1) is 9.61. The average Bonchev–Trinajstić information content (AvgIpc) is 3.05. The Bertz CT molecular complexity index is 588. The lowest BCUT2D eigenvalue weighted by molar-refractivity contribution is 0.219. The maximum Gasteiger partial charge on any atom is 0.147 e. The Morgan fingerprint density at radius 1 is 1.35 bits per heavy atom. The first-order valence-electron chi connectivity index (χ1n) is 7.15. The molecule has 1 aliphatic heterocycles. The molecule has 0 amide bonds. The summed E-state index contributed by atoms with van der Waals surface area (Å²) in [6, 6.07) is 0.567. The summed E-state index contributed by atoms with van der Waals surface area (Å²) in [7, 11) is 0. The maximum atomic E-state index is 4.49. The van der Waals surface area contributed by atoms with E-state index in [-0.39, 0.29) is 0 Å². The van der Waals surface area contributed by atoms with Gasteiger partial charge in [0.15, 0.2) is 0 Å². The van der Waals surface area contributed by atoms with Gasteiger partial charge in [-0.15, -0.1) is 11.3 Å². The molecule has 1 aliphatic rings. The van der Waals surface area contributed by atoms with Crippen molar-refractivity contribution in [2.75, 3.05) is 6.54 Å². The van der Waals surface area contributed by atoms with Gasteiger partial charge in [-0.25, -0.2) is 14.6 Å². The Hall–Kier alpha value is -1.27. The van der Waals surface area contributed by atoms with Crippen molar-refractivity contribution in [3.8, 4) is 0 Å². The Morgan fingerprint density at radius 2 is 2.20 bits per heavy atom. The fourth-order valence-electron chi connectivity index (χ4n) is 2.92. The average molecular weight is 291 g/mol. The summed E-state index contributed by atoms with van der Waals surface area (Å²) in [6.45, 7) is 9.20. The SMILES string of the molecule is Cc1nc(C)n(C[C@H]2CCCN2Cc2cnc(C)s2)n1. The van der Waals surface area contributed by atoms with Crippen LogP contribution >= 0.6 is 11.3 Å². The largest absolute Gasteiger partial charge is 0.293 e. The van der Waals surface area contributed by atoms with E-state index < -0.39 is 0 Å². The molecule has 2 aromatic heterocycles. The first-order valence-corrected chi connectivity index (χ1v) is 7.97. The highest BCUT2D eigenvalue weighted by Crippen LogP contribution is 2.23. The van der Waals surface area contributed by atoms with E-state index in [4.69, 9.17) is 0 Å². The van der Waals surface area contributed by atoms with Crippen LogP contribution in [0.4, 0.5) is 0 Å². The zero-order valence-corrected chi connectivity index (χ0v) is 13.2. The number of thiazole rings is 1. The van der Waals surface area contributed by atoms with Gasteiger partial charge in [0.05, 0.1) is 11.6 Å². The molecule has 1 atom stereocenters. The van der Waals surface area contributed by atoms with Crippen molar-refractivity contribution in [3.63, 3.8) is 0 Å². The van der Waals surface area contributed by atoms with E-state index in [1.54, 1.807) is 11.3 Å². The number of aryl methyl sites for hydroxylation is 3. The summed E-state index contributed by atoms with van der Waals surface area (Å²) in [5, 5.41) is 5.64. The Labute approximate surface area is 123 Å². The van der Waals surface area contributed by atoms with Gasteiger partial charge in [-0.2, -0.15) is 5.10 Å². The summed E-state index contributed by atoms with van der Waals surface area (Å²) in [6.07, 6.45) is 4.53. The van der Waals surface area contributed by atoms with Crippen LogP contribution in [0.3, 0.4) is 0 Å². The van der Waals surface area contributed by atoms with E-state index in [1.165, 1.54) is 24.3 Å². The second-order valence-corrected chi connectivity index (χ2v) is 6.82. The van der Waals surface area contributed by atoms with Crippen LogP contribution in [0.15, 0.2) is 6.20 Å². The minimum atomic E-state index is 0.567. The van der Waals surface area contributed by atoms with Crippen molar-refractivity contribution < 1.29 is 0 Å². The minimum Gasteiger partial charge on any atom is -0.293 e. The molecular weight excluding hydrogens is 270 g/mol. The van der Waals surface area contributed by atoms with Crippen molar-refractivity contribution in [1.82, 2.24) is 24.6 Å². The van der Waals surface area contributed by atoms with E-state index >= 15 is 0 Å². The number of likely N-dealkylation sites (tertiary alicyclic amines) is 1. The highest BCUT2D eigenvalue weighted by atomic mass is 32.1. The molecule has 0 aromatic carbocycles. The number of aromatic nitrogens is 4. The van der Waals surface area contributed by atoms with E-state index in [0.717, 1.165) is 29.7 Å². The fraction of sp³-hybridized carbons (Fsp3) is 0.643. The third kappa shape index (κ3) is 2.91. The second kappa shape index (κ2) is 5.61. The van der Waals surface area contributed by atoms with Gasteiger partial charge >= 0.3 is 0 Å². The molecule has 3 rings (SSSR count). The topological polar surface area (TPSA) is 46.8 Å². The quantitative estimate of drug-likeness (QED) is 0.867. The van der Waals surface area contributed by atoms with Crippen molar-refractivity contribution in [2.45, 2.75) is 52.7 Å². The Balaban J connectivity index is 1.67. The van der Waals surface area contributed by atoms with Gasteiger partial charge in [0.25, 0.3) is 0 Å². The van der Waals surface area contributed by atoms with Gasteiger partial charge in [0, 0.05) is 23.7 Å². The van der Waals surface area contributed by atoms with Gasteiger partial charge in [-0.05, 0) is 40.2 Å². The second-order valence-electron chi connectivity index (χ2n) is 5.50. The van der Waals surface area contributed by atoms with Gasteiger partial charge in [-0.3, -0.25) is 4.90 Å². The van der Waals surface area contributed by atoms with Gasteiger partial charge in [-0.1, -0.05) is 0 Å². The Kier molecular flexibility index (Phi) is 3.85. The summed E-state index contributed by atoms with van der Waals surface area (Å²) < 4.78 is 2.05. The maximum absolute atomic E-state index is 4.49. The number of rotatable bonds is 4. The van der Waals surface area contributed by atoms with E-state index in [0.29, 0.717) is 6.04 Å². The molecule has 1 saturated heterocycles. The number of hydrogen-bond donors (Lipinski definition) is 0. The molecule has 0 spiro atoms. The summed E-state index contributed by atoms with van der Waals surface area (Å²) >= 11 is 1.80. The Morgan fingerprint density at radius 3 is 2.85 bits per heavy atom. The third-order valence-electron chi connectivity index (χ3n) is 3.87. The molecule has 0 aliphatic carbocycles. The van der Waals surface area contributed by atoms with Gasteiger partial charge < -0.3 is 0 Å². The lowest BCUT2D eigenvalue weighted by atomic mass is 10.2. The number of nitrogens with zero attached hydrogens (tertiary/aromatic N) is 5. The standard InChI is InChI=1S/C14H21N5S/c1-10-16-11(2)19(17-10)8-13-5-4-6-18(13)9-14-7-15-12(3)20-14/h7,13H,4-6,8-9H2,1-3H3/t13-/m1/s1. The molecular formula is C14H21N5S. The molecule has 6 heteroatoms. The molecule has 0 N–H and O–H groups in total. The van der Waals surface area contributed by atoms with E-state index in [2.05, 4.69) is 31.6 Å². The molecule has 3 heterocycles. The third-order valence-corrected chi connectivity index (χ3v) is 4.77. The normalized spacial score (nSPS) is 19.9. The van der Waals surface area contributed by atoms with Crippen LogP contribution in [0.5, 0.6) is 0 Å². The predicted molar refractivity (Wildman–Crippen MR) is 79.8 cm³/mol. The van der Waals surface area contributed by atoms with Crippen molar-refractivity contribution >= 4 is 11.3 Å². The lowest BCUT2D eigenvalue weighted by Crippen LogP contribution is -2.32. The molecule has 5 nitrogen and oxygen atoms in total. The minimum absolute atomic E-state index is 0.567. The summed E-state index contributed by atoms with van der Waals surface area (Å²) in [5.41, 5.74) is 0. The predicted octanol–water partition coefficient (Wildman–Crippen LogP) is 2.32. The molecule has 2 aromatic rings. The molecule has 0 bridgehead atoms. The highest BCUT2D eigenvalue weighted by Gasteiger charge is 2.26. The van der Waals surface area contributed by atoms with Crippen LogP contribution in [0.25, 0.3) is 0 Å². The molecule has 0 unspecified atom stereocenters. The molecule has 0 saturated carbocycles. The van der Waals surface area contributed by atoms with Crippen LogP contribution in [0.1, 0.15) is 34.4 Å². The van der Waals surface area contributed by atoms with Gasteiger partial charge in [0.2, 0.25) is 0 Å². The fourth-order valence-corrected chi connectivity index (χ4v) is 3.74. The molecule has 1 fully saturated rings. The summed E-state index contributed by atoms with van der Waals surface area (Å²) in [4.78, 5) is 12.7. The zero-order valence-electron chi connectivity index (χ0n) is 12.3. The molecule has 108 valence electrons. The zero-order chi connectivity index (χ0) is 14.1. The molecule has 0 radical (unpaired) electrons. The first kappa shape index (κ1) is 13.7. The van der Waals surface area contributed by atoms with Crippen LogP contribution in [0.2, 0.25) is 0 Å². The number of hydrogen-bond acceptors (Lipinski definition) is 5. The van der Waals surface area contributed by atoms with Crippen molar-refractivity contribution in [1.29, 1.82) is 0 Å². The van der Waals surface area contributed by atoms with Crippen molar-refractivity contribution in [3.05, 3.63) is 27.7 Å². The van der Waals surface area contributed by atoms with Crippen LogP contribution in [-0.4, -0.2) is 37.2 Å². The van der Waals surface area contributed by atoms with E-state index in [1.807, 2.05) is 20.0 Å². The van der Waals surface area contributed by atoms with E-state index in [9.17, 15) is 0 Å². The monoisotopic (exact) mass is 291 g/mol.